The maximum atomic E-state index is 12.5. The summed E-state index contributed by atoms with van der Waals surface area (Å²) >= 11 is 3.43. The zero-order valence-electron chi connectivity index (χ0n) is 19.4. The van der Waals surface area contributed by atoms with Crippen LogP contribution in [-0.4, -0.2) is 71.4 Å². The Morgan fingerprint density at radius 2 is 2.00 bits per heavy atom. The third-order valence-corrected chi connectivity index (χ3v) is 5.41. The van der Waals surface area contributed by atoms with Crippen LogP contribution in [0.2, 0.25) is 0 Å². The van der Waals surface area contributed by atoms with Crippen LogP contribution in [0.3, 0.4) is 0 Å². The number of benzene rings is 1. The monoisotopic (exact) mass is 531 g/mol. The molecule has 0 saturated carbocycles. The van der Waals surface area contributed by atoms with Gasteiger partial charge in [-0.2, -0.15) is 8.42 Å². The van der Waals surface area contributed by atoms with Gasteiger partial charge in [0.2, 0.25) is 0 Å². The lowest BCUT2D eigenvalue weighted by atomic mass is 9.88. The molecule has 0 amide bonds. The summed E-state index contributed by atoms with van der Waals surface area (Å²) in [5.74, 6) is -0.543. The van der Waals surface area contributed by atoms with Crippen LogP contribution in [0.15, 0.2) is 18.2 Å². The standard InChI is InChI=1S/C21H33BBrN2O6S/c1-16-6-7-18(25(9-8-23)10-11-30-32(5,28)29)13-19(16)17(14-24-22-15-26)12-20(27)31-21(2,3)4/h6-7,13,15,17,24H,8-12,14H2,1-5H3. The van der Waals surface area contributed by atoms with E-state index in [1.807, 2.05) is 50.8 Å². The topological polar surface area (TPSA) is 102 Å². The molecular formula is C21H33BBrN2O6S. The molecule has 1 unspecified atom stereocenters. The molecule has 179 valence electrons. The second-order valence-electron chi connectivity index (χ2n) is 8.44. The van der Waals surface area contributed by atoms with Crippen molar-refractivity contribution in [1.82, 2.24) is 5.23 Å². The number of anilines is 1. The quantitative estimate of drug-likeness (QED) is 0.0974. The zero-order chi connectivity index (χ0) is 24.4. The minimum absolute atomic E-state index is 0.0340. The van der Waals surface area contributed by atoms with Gasteiger partial charge in [-0.05, 0) is 57.5 Å². The van der Waals surface area contributed by atoms with Crippen LogP contribution in [-0.2, 0) is 28.6 Å². The number of alkyl halides is 1. The van der Waals surface area contributed by atoms with Crippen molar-refractivity contribution in [2.75, 3.05) is 42.7 Å². The summed E-state index contributed by atoms with van der Waals surface area (Å²) in [4.78, 5) is 25.2. The van der Waals surface area contributed by atoms with Crippen molar-refractivity contribution >= 4 is 51.3 Å². The van der Waals surface area contributed by atoms with Crippen LogP contribution in [0.4, 0.5) is 5.69 Å². The van der Waals surface area contributed by atoms with Gasteiger partial charge in [-0.25, -0.2) is 0 Å². The van der Waals surface area contributed by atoms with E-state index < -0.39 is 15.7 Å². The zero-order valence-corrected chi connectivity index (χ0v) is 21.8. The molecule has 1 aromatic carbocycles. The molecule has 1 aromatic rings. The number of ether oxygens (including phenoxy) is 1. The first kappa shape index (κ1) is 28.6. The number of esters is 1. The van der Waals surface area contributed by atoms with Crippen LogP contribution in [0.25, 0.3) is 0 Å². The smallest absolute Gasteiger partial charge is 0.306 e. The van der Waals surface area contributed by atoms with Crippen LogP contribution in [0, 0.1) is 6.92 Å². The van der Waals surface area contributed by atoms with E-state index in [2.05, 4.69) is 21.2 Å². The molecule has 8 nitrogen and oxygen atoms in total. The molecule has 0 aliphatic heterocycles. The Morgan fingerprint density at radius 1 is 1.31 bits per heavy atom. The van der Waals surface area contributed by atoms with Gasteiger partial charge in [0.1, 0.15) is 5.60 Å². The van der Waals surface area contributed by atoms with Gasteiger partial charge in [0, 0.05) is 30.0 Å². The summed E-state index contributed by atoms with van der Waals surface area (Å²) in [7, 11) is -2.21. The van der Waals surface area contributed by atoms with Crippen LogP contribution in [0.1, 0.15) is 44.2 Å². The molecular weight excluding hydrogens is 499 g/mol. The van der Waals surface area contributed by atoms with Crippen molar-refractivity contribution in [3.05, 3.63) is 29.3 Å². The van der Waals surface area contributed by atoms with Crippen molar-refractivity contribution in [1.29, 1.82) is 0 Å². The number of carbonyl (C=O) groups is 2. The number of rotatable bonds is 14. The van der Waals surface area contributed by atoms with Crippen molar-refractivity contribution in [3.63, 3.8) is 0 Å². The molecule has 1 rings (SSSR count). The fourth-order valence-electron chi connectivity index (χ4n) is 3.17. The molecule has 32 heavy (non-hydrogen) atoms. The first-order valence-electron chi connectivity index (χ1n) is 10.3. The molecule has 0 fully saturated rings. The second-order valence-corrected chi connectivity index (χ2v) is 10.9. The molecule has 1 N–H and O–H groups in total. The lowest BCUT2D eigenvalue weighted by Gasteiger charge is -2.27. The van der Waals surface area contributed by atoms with Gasteiger partial charge in [0.25, 0.3) is 17.5 Å². The molecule has 0 saturated heterocycles. The molecule has 0 aromatic heterocycles. The highest BCUT2D eigenvalue weighted by Crippen LogP contribution is 2.29. The number of nitrogens with one attached hydrogen (secondary N) is 1. The fourth-order valence-corrected chi connectivity index (χ4v) is 3.98. The number of hydrogen-bond donors (Lipinski definition) is 1. The normalized spacial score (nSPS) is 12.8. The first-order valence-corrected chi connectivity index (χ1v) is 13.3. The van der Waals surface area contributed by atoms with E-state index in [-0.39, 0.29) is 24.9 Å². The Hall–Kier alpha value is -1.43. The van der Waals surface area contributed by atoms with E-state index in [4.69, 9.17) is 8.92 Å². The summed E-state index contributed by atoms with van der Waals surface area (Å²) in [6.45, 7) is 8.87. The molecule has 1 atom stereocenters. The van der Waals surface area contributed by atoms with E-state index in [1.54, 1.807) is 0 Å². The van der Waals surface area contributed by atoms with Gasteiger partial charge in [-0.3, -0.25) is 8.98 Å². The highest BCUT2D eigenvalue weighted by molar-refractivity contribution is 9.09. The van der Waals surface area contributed by atoms with Crippen LogP contribution in [0.5, 0.6) is 0 Å². The molecule has 11 heteroatoms. The molecule has 0 bridgehead atoms. The van der Waals surface area contributed by atoms with E-state index in [0.717, 1.165) is 23.1 Å². The Bertz CT molecular complexity index is 860. The summed E-state index contributed by atoms with van der Waals surface area (Å²) in [6.07, 6.45) is 1.83. The van der Waals surface area contributed by atoms with Gasteiger partial charge in [-0.15, -0.1) is 0 Å². The molecule has 0 heterocycles. The van der Waals surface area contributed by atoms with Crippen molar-refractivity contribution < 1.29 is 26.9 Å². The fraction of sp³-hybridized carbons (Fsp3) is 0.619. The van der Waals surface area contributed by atoms with Gasteiger partial charge < -0.3 is 19.7 Å². The highest BCUT2D eigenvalue weighted by atomic mass is 79.9. The Kier molecular flexibility index (Phi) is 11.9. The summed E-state index contributed by atoms with van der Waals surface area (Å²) in [5, 5.41) is 3.63. The van der Waals surface area contributed by atoms with Crippen molar-refractivity contribution in [3.8, 4) is 0 Å². The highest BCUT2D eigenvalue weighted by Gasteiger charge is 2.23. The largest absolute Gasteiger partial charge is 0.460 e. The predicted octanol–water partition coefficient (Wildman–Crippen LogP) is 2.39. The average molecular weight is 532 g/mol. The maximum Gasteiger partial charge on any atom is 0.306 e. The van der Waals surface area contributed by atoms with E-state index >= 15 is 0 Å². The van der Waals surface area contributed by atoms with Crippen molar-refractivity contribution in [2.45, 2.75) is 45.6 Å². The third kappa shape index (κ3) is 11.4. The SMILES string of the molecule is Cc1ccc(N(CCBr)CCOS(C)(=O)=O)cc1C(CN[B]C=O)CC(=O)OC(C)(C)C. The lowest BCUT2D eigenvalue weighted by molar-refractivity contribution is -0.155. The Morgan fingerprint density at radius 3 is 2.56 bits per heavy atom. The Balaban J connectivity index is 3.15. The number of hydrogen-bond acceptors (Lipinski definition) is 8. The Labute approximate surface area is 200 Å². The van der Waals surface area contributed by atoms with E-state index in [9.17, 15) is 18.0 Å². The predicted molar refractivity (Wildman–Crippen MR) is 132 cm³/mol. The van der Waals surface area contributed by atoms with Crippen molar-refractivity contribution in [2.24, 2.45) is 0 Å². The summed E-state index contributed by atoms with van der Waals surface area (Å²) < 4.78 is 33.0. The maximum absolute atomic E-state index is 12.5. The number of halogens is 1. The third-order valence-electron chi connectivity index (χ3n) is 4.46. The lowest BCUT2D eigenvalue weighted by Crippen LogP contribution is -2.31. The minimum Gasteiger partial charge on any atom is -0.460 e. The van der Waals surface area contributed by atoms with Gasteiger partial charge in [-0.1, -0.05) is 22.0 Å². The average Bonchev–Trinajstić information content (AvgIpc) is 2.65. The number of carbonyl (C=O) groups excluding carboxylic acids is 2. The minimum atomic E-state index is -3.52. The van der Waals surface area contributed by atoms with Crippen LogP contribution < -0.4 is 10.1 Å². The van der Waals surface area contributed by atoms with E-state index in [0.29, 0.717) is 31.1 Å². The second kappa shape index (κ2) is 13.3. The molecule has 0 spiro atoms. The van der Waals surface area contributed by atoms with E-state index in [1.165, 1.54) is 7.41 Å². The summed E-state index contributed by atoms with van der Waals surface area (Å²) in [6, 6.07) is 5.92. The number of nitrogens with zero attached hydrogens (tertiary/aromatic N) is 1. The first-order chi connectivity index (χ1) is 14.9. The van der Waals surface area contributed by atoms with Gasteiger partial charge in [0.05, 0.1) is 25.5 Å². The molecule has 0 aliphatic carbocycles. The number of aryl methyl sites for hydroxylation is 1. The van der Waals surface area contributed by atoms with Gasteiger partial charge in [0.15, 0.2) is 0 Å². The summed E-state index contributed by atoms with van der Waals surface area (Å²) in [5.41, 5.74) is 2.24. The molecule has 0 aliphatic rings. The molecule has 1 radical (unpaired) electrons. The van der Waals surface area contributed by atoms with Gasteiger partial charge >= 0.3 is 5.97 Å². The van der Waals surface area contributed by atoms with Crippen LogP contribution >= 0.6 is 15.9 Å².